The fourth-order valence-electron chi connectivity index (χ4n) is 2.36. The van der Waals surface area contributed by atoms with Crippen LogP contribution < -0.4 is 10.2 Å². The molecule has 110 valence electrons. The Hall–Kier alpha value is -1.62. The molecule has 1 aromatic rings. The summed E-state index contributed by atoms with van der Waals surface area (Å²) in [6, 6.07) is 3.60. The van der Waals surface area contributed by atoms with Gasteiger partial charge in [0.05, 0.1) is 5.56 Å². The Kier molecular flexibility index (Phi) is 5.35. The summed E-state index contributed by atoms with van der Waals surface area (Å²) in [6.07, 6.45) is 5.29. The quantitative estimate of drug-likeness (QED) is 0.854. The lowest BCUT2D eigenvalue weighted by molar-refractivity contribution is 0.0942. The third kappa shape index (κ3) is 3.70. The summed E-state index contributed by atoms with van der Waals surface area (Å²) in [6.45, 7) is 4.37. The molecule has 1 aromatic heterocycles. The fourth-order valence-corrected chi connectivity index (χ4v) is 2.36. The maximum absolute atomic E-state index is 12.3. The van der Waals surface area contributed by atoms with Crippen molar-refractivity contribution in [1.29, 1.82) is 0 Å². The van der Waals surface area contributed by atoms with Gasteiger partial charge in [0.25, 0.3) is 5.91 Å². The number of nitrogens with one attached hydrogen (secondary N) is 1. The number of carbonyl (C=O) groups excluding carboxylic acids is 1. The number of rotatable bonds is 5. The van der Waals surface area contributed by atoms with Gasteiger partial charge in [-0.3, -0.25) is 4.79 Å². The summed E-state index contributed by atoms with van der Waals surface area (Å²) in [7, 11) is 0. The van der Waals surface area contributed by atoms with Crippen LogP contribution in [0.25, 0.3) is 0 Å². The van der Waals surface area contributed by atoms with Crippen LogP contribution in [-0.2, 0) is 0 Å². The smallest absolute Gasteiger partial charge is 0.255 e. The number of carbonyl (C=O) groups is 1. The molecule has 0 aromatic carbocycles. The molecule has 1 saturated heterocycles. The van der Waals surface area contributed by atoms with E-state index in [0.29, 0.717) is 12.1 Å². The average molecular weight is 277 g/mol. The second kappa shape index (κ2) is 7.24. The maximum atomic E-state index is 12.3. The van der Waals surface area contributed by atoms with Crippen LogP contribution in [0.5, 0.6) is 0 Å². The molecular formula is C15H23N3O2. The predicted molar refractivity (Wildman–Crippen MR) is 78.9 cm³/mol. The lowest BCUT2D eigenvalue weighted by Crippen LogP contribution is -2.34. The highest BCUT2D eigenvalue weighted by molar-refractivity contribution is 5.98. The molecule has 1 fully saturated rings. The number of anilines is 1. The first-order valence-corrected chi connectivity index (χ1v) is 7.31. The van der Waals surface area contributed by atoms with Crippen molar-refractivity contribution in [3.05, 3.63) is 23.9 Å². The minimum Gasteiger partial charge on any atom is -0.396 e. The van der Waals surface area contributed by atoms with Crippen LogP contribution in [0, 0.1) is 5.92 Å². The van der Waals surface area contributed by atoms with Gasteiger partial charge in [-0.1, -0.05) is 6.92 Å². The molecule has 0 saturated carbocycles. The zero-order chi connectivity index (χ0) is 14.4. The Labute approximate surface area is 120 Å². The van der Waals surface area contributed by atoms with E-state index in [1.54, 1.807) is 12.3 Å². The summed E-state index contributed by atoms with van der Waals surface area (Å²) >= 11 is 0. The number of hydrogen-bond acceptors (Lipinski definition) is 4. The molecule has 0 spiro atoms. The van der Waals surface area contributed by atoms with E-state index in [9.17, 15) is 4.79 Å². The highest BCUT2D eigenvalue weighted by Gasteiger charge is 2.19. The highest BCUT2D eigenvalue weighted by atomic mass is 16.3. The Morgan fingerprint density at radius 1 is 1.45 bits per heavy atom. The molecule has 1 aliphatic heterocycles. The summed E-state index contributed by atoms with van der Waals surface area (Å²) in [5.41, 5.74) is 0.625. The van der Waals surface area contributed by atoms with Gasteiger partial charge in [0.15, 0.2) is 0 Å². The zero-order valence-electron chi connectivity index (χ0n) is 12.0. The number of aliphatic hydroxyl groups is 1. The number of aromatic nitrogens is 1. The van der Waals surface area contributed by atoms with Crippen LogP contribution in [0.4, 0.5) is 5.82 Å². The van der Waals surface area contributed by atoms with Crippen molar-refractivity contribution in [2.45, 2.75) is 26.2 Å². The zero-order valence-corrected chi connectivity index (χ0v) is 12.0. The molecule has 20 heavy (non-hydrogen) atoms. The summed E-state index contributed by atoms with van der Waals surface area (Å²) in [5.74, 6) is 0.731. The molecule has 2 N–H and O–H groups in total. The van der Waals surface area contributed by atoms with Crippen LogP contribution in [0.3, 0.4) is 0 Å². The number of amides is 1. The van der Waals surface area contributed by atoms with E-state index in [1.165, 1.54) is 6.42 Å². The second-order valence-electron chi connectivity index (χ2n) is 5.42. The molecule has 1 amide bonds. The lowest BCUT2D eigenvalue weighted by Gasteiger charge is -2.29. The topological polar surface area (TPSA) is 65.5 Å². The Morgan fingerprint density at radius 2 is 2.20 bits per heavy atom. The van der Waals surface area contributed by atoms with Crippen LogP contribution in [0.2, 0.25) is 0 Å². The van der Waals surface area contributed by atoms with E-state index in [4.69, 9.17) is 5.11 Å². The van der Waals surface area contributed by atoms with Crippen molar-refractivity contribution >= 4 is 11.7 Å². The van der Waals surface area contributed by atoms with Gasteiger partial charge in [-0.15, -0.1) is 0 Å². The van der Waals surface area contributed by atoms with Crippen LogP contribution in [0.15, 0.2) is 18.3 Å². The number of aliphatic hydroxyl groups excluding tert-OH is 1. The van der Waals surface area contributed by atoms with Crippen LogP contribution in [0.1, 0.15) is 36.5 Å². The van der Waals surface area contributed by atoms with E-state index in [2.05, 4.69) is 15.2 Å². The van der Waals surface area contributed by atoms with Crippen molar-refractivity contribution in [2.75, 3.05) is 31.1 Å². The van der Waals surface area contributed by atoms with E-state index in [1.807, 2.05) is 13.0 Å². The predicted octanol–water partition coefficient (Wildman–Crippen LogP) is 1.43. The van der Waals surface area contributed by atoms with E-state index in [-0.39, 0.29) is 18.4 Å². The van der Waals surface area contributed by atoms with Gasteiger partial charge >= 0.3 is 0 Å². The molecule has 0 aliphatic carbocycles. The normalized spacial score (nSPS) is 16.8. The van der Waals surface area contributed by atoms with Gasteiger partial charge in [-0.05, 0) is 37.3 Å². The summed E-state index contributed by atoms with van der Waals surface area (Å²) < 4.78 is 0. The van der Waals surface area contributed by atoms with Crippen molar-refractivity contribution < 1.29 is 9.90 Å². The van der Waals surface area contributed by atoms with Gasteiger partial charge < -0.3 is 15.3 Å². The van der Waals surface area contributed by atoms with E-state index in [0.717, 1.165) is 31.7 Å². The minimum absolute atomic E-state index is 0.0639. The molecule has 2 rings (SSSR count). The second-order valence-corrected chi connectivity index (χ2v) is 5.42. The molecule has 0 bridgehead atoms. The lowest BCUT2D eigenvalue weighted by atomic mass is 10.1. The van der Waals surface area contributed by atoms with Crippen LogP contribution >= 0.6 is 0 Å². The average Bonchev–Trinajstić information content (AvgIpc) is 2.53. The number of nitrogens with zero attached hydrogens (tertiary/aromatic N) is 2. The molecule has 1 atom stereocenters. The van der Waals surface area contributed by atoms with Crippen molar-refractivity contribution in [1.82, 2.24) is 10.3 Å². The van der Waals surface area contributed by atoms with Gasteiger partial charge in [-0.2, -0.15) is 0 Å². The largest absolute Gasteiger partial charge is 0.396 e. The first-order chi connectivity index (χ1) is 9.72. The van der Waals surface area contributed by atoms with Crippen molar-refractivity contribution in [3.8, 4) is 0 Å². The van der Waals surface area contributed by atoms with Crippen molar-refractivity contribution in [3.63, 3.8) is 0 Å². The van der Waals surface area contributed by atoms with Gasteiger partial charge in [0.2, 0.25) is 0 Å². The first kappa shape index (κ1) is 14.8. The Morgan fingerprint density at radius 3 is 2.90 bits per heavy atom. The number of piperidine rings is 1. The van der Waals surface area contributed by atoms with E-state index < -0.39 is 0 Å². The first-order valence-electron chi connectivity index (χ1n) is 7.31. The minimum atomic E-state index is -0.112. The monoisotopic (exact) mass is 277 g/mol. The van der Waals surface area contributed by atoms with Gasteiger partial charge in [0.1, 0.15) is 5.82 Å². The molecular weight excluding hydrogens is 254 g/mol. The Balaban J connectivity index is 2.08. The summed E-state index contributed by atoms with van der Waals surface area (Å²) in [4.78, 5) is 18.8. The molecule has 0 radical (unpaired) electrons. The fraction of sp³-hybridized carbons (Fsp3) is 0.600. The van der Waals surface area contributed by atoms with Crippen LogP contribution in [-0.4, -0.2) is 42.2 Å². The SMILES string of the molecule is CC(CO)CNC(=O)c1cccnc1N1CCCCC1. The molecule has 1 unspecified atom stereocenters. The highest BCUT2D eigenvalue weighted by Crippen LogP contribution is 2.21. The number of pyridine rings is 1. The Bertz CT molecular complexity index is 444. The third-order valence-electron chi connectivity index (χ3n) is 3.61. The molecule has 5 nitrogen and oxygen atoms in total. The third-order valence-corrected chi connectivity index (χ3v) is 3.61. The van der Waals surface area contributed by atoms with Crippen molar-refractivity contribution in [2.24, 2.45) is 5.92 Å². The molecule has 5 heteroatoms. The molecule has 1 aliphatic rings. The number of hydrogen-bond donors (Lipinski definition) is 2. The van der Waals surface area contributed by atoms with Gasteiger partial charge in [-0.25, -0.2) is 4.98 Å². The summed E-state index contributed by atoms with van der Waals surface area (Å²) in [5, 5.41) is 11.9. The molecule has 2 heterocycles. The standard InChI is InChI=1S/C15H23N3O2/c1-12(11-19)10-17-15(20)13-6-5-7-16-14(13)18-8-3-2-4-9-18/h5-7,12,19H,2-4,8-11H2,1H3,(H,17,20). The maximum Gasteiger partial charge on any atom is 0.255 e. The van der Waals surface area contributed by atoms with Gasteiger partial charge in [0, 0.05) is 32.4 Å². The van der Waals surface area contributed by atoms with E-state index >= 15 is 0 Å².